The third-order valence-electron chi connectivity index (χ3n) is 5.25. The van der Waals surface area contributed by atoms with Gasteiger partial charge in [0.05, 0.1) is 19.7 Å². The van der Waals surface area contributed by atoms with Crippen LogP contribution in [0.25, 0.3) is 10.9 Å². The number of nitrogens with one attached hydrogen (secondary N) is 1. The van der Waals surface area contributed by atoms with Gasteiger partial charge in [0.1, 0.15) is 17.3 Å². The number of hydrogen-bond acceptors (Lipinski definition) is 7. The van der Waals surface area contributed by atoms with Crippen molar-refractivity contribution in [2.24, 2.45) is 0 Å². The van der Waals surface area contributed by atoms with Crippen molar-refractivity contribution in [2.75, 3.05) is 19.5 Å². The third kappa shape index (κ3) is 5.43. The Balaban J connectivity index is 1.57. The van der Waals surface area contributed by atoms with E-state index in [1.165, 1.54) is 11.8 Å². The van der Waals surface area contributed by atoms with Crippen LogP contribution in [0, 0.1) is 0 Å². The van der Waals surface area contributed by atoms with Crippen LogP contribution in [-0.4, -0.2) is 30.0 Å². The molecular weight excluding hydrogens is 434 g/mol. The van der Waals surface area contributed by atoms with Crippen LogP contribution in [0.5, 0.6) is 11.5 Å². The Labute approximate surface area is 197 Å². The second-order valence-corrected chi connectivity index (χ2v) is 8.39. The normalized spacial score (nSPS) is 10.8. The zero-order chi connectivity index (χ0) is 23.2. The first kappa shape index (κ1) is 22.6. The van der Waals surface area contributed by atoms with Crippen molar-refractivity contribution < 1.29 is 14.3 Å². The standard InChI is InChI=1S/C26H25N3O3S/c1-17(30)19-10-13-24(32-3)20(14-19)16-33-26-28-23-7-5-4-6-22(23)25(29-26)27-15-18-8-11-21(31-2)12-9-18/h4-14H,15-16H2,1-3H3,(H,27,28,29). The van der Waals surface area contributed by atoms with E-state index >= 15 is 0 Å². The maximum atomic E-state index is 11.8. The molecule has 1 aromatic heterocycles. The number of Topliss-reactive ketones (excluding diaryl/α,β-unsaturated/α-hetero) is 1. The van der Waals surface area contributed by atoms with Crippen LogP contribution >= 0.6 is 11.8 Å². The van der Waals surface area contributed by atoms with Gasteiger partial charge in [-0.1, -0.05) is 36.0 Å². The molecule has 168 valence electrons. The van der Waals surface area contributed by atoms with Gasteiger partial charge in [-0.15, -0.1) is 0 Å². The lowest BCUT2D eigenvalue weighted by Gasteiger charge is -2.12. The average Bonchev–Trinajstić information content (AvgIpc) is 2.86. The molecule has 1 N–H and O–H groups in total. The molecule has 0 aliphatic rings. The Morgan fingerprint density at radius 1 is 0.970 bits per heavy atom. The molecule has 0 fully saturated rings. The highest BCUT2D eigenvalue weighted by molar-refractivity contribution is 7.98. The SMILES string of the molecule is COc1ccc(CNc2nc(SCc3cc(C(C)=O)ccc3OC)nc3ccccc23)cc1. The molecule has 0 aliphatic carbocycles. The summed E-state index contributed by atoms with van der Waals surface area (Å²) in [5.74, 6) is 2.96. The number of hydrogen-bond donors (Lipinski definition) is 1. The van der Waals surface area contributed by atoms with Gasteiger partial charge < -0.3 is 14.8 Å². The maximum Gasteiger partial charge on any atom is 0.190 e. The summed E-state index contributed by atoms with van der Waals surface area (Å²) in [7, 11) is 3.29. The number of thioether (sulfide) groups is 1. The van der Waals surface area contributed by atoms with E-state index < -0.39 is 0 Å². The molecule has 0 saturated heterocycles. The van der Waals surface area contributed by atoms with Crippen molar-refractivity contribution in [3.05, 3.63) is 83.4 Å². The fourth-order valence-electron chi connectivity index (χ4n) is 3.44. The summed E-state index contributed by atoms with van der Waals surface area (Å²) in [4.78, 5) is 21.3. The molecule has 0 amide bonds. The van der Waals surface area contributed by atoms with Gasteiger partial charge >= 0.3 is 0 Å². The molecule has 0 atom stereocenters. The molecule has 0 bridgehead atoms. The molecular formula is C26H25N3O3S. The van der Waals surface area contributed by atoms with Gasteiger partial charge in [-0.3, -0.25) is 4.79 Å². The van der Waals surface area contributed by atoms with E-state index in [0.717, 1.165) is 39.3 Å². The minimum absolute atomic E-state index is 0.0240. The van der Waals surface area contributed by atoms with Crippen molar-refractivity contribution in [3.63, 3.8) is 0 Å². The molecule has 4 rings (SSSR count). The number of anilines is 1. The predicted octanol–water partition coefficient (Wildman–Crippen LogP) is 5.75. The first-order chi connectivity index (χ1) is 16.1. The fourth-order valence-corrected chi connectivity index (χ4v) is 4.27. The maximum absolute atomic E-state index is 11.8. The van der Waals surface area contributed by atoms with Crippen molar-refractivity contribution >= 4 is 34.3 Å². The summed E-state index contributed by atoms with van der Waals surface area (Å²) in [5.41, 5.74) is 3.59. The van der Waals surface area contributed by atoms with Crippen molar-refractivity contribution in [2.45, 2.75) is 24.4 Å². The van der Waals surface area contributed by atoms with Crippen LogP contribution in [0.3, 0.4) is 0 Å². The number of benzene rings is 3. The molecule has 0 saturated carbocycles. The molecule has 7 heteroatoms. The van der Waals surface area contributed by atoms with E-state index in [1.807, 2.05) is 60.7 Å². The molecule has 0 radical (unpaired) electrons. The summed E-state index contributed by atoms with van der Waals surface area (Å²) in [6.45, 7) is 2.19. The number of ether oxygens (including phenoxy) is 2. The molecule has 33 heavy (non-hydrogen) atoms. The molecule has 6 nitrogen and oxygen atoms in total. The number of fused-ring (bicyclic) bond motifs is 1. The van der Waals surface area contributed by atoms with E-state index in [0.29, 0.717) is 23.0 Å². The molecule has 1 heterocycles. The monoisotopic (exact) mass is 459 g/mol. The summed E-state index contributed by atoms with van der Waals surface area (Å²) in [6.07, 6.45) is 0. The zero-order valence-electron chi connectivity index (χ0n) is 18.8. The van der Waals surface area contributed by atoms with E-state index in [9.17, 15) is 4.79 Å². The van der Waals surface area contributed by atoms with Crippen LogP contribution in [-0.2, 0) is 12.3 Å². The third-order valence-corrected chi connectivity index (χ3v) is 6.14. The lowest BCUT2D eigenvalue weighted by atomic mass is 10.1. The first-order valence-electron chi connectivity index (χ1n) is 10.5. The summed E-state index contributed by atoms with van der Waals surface area (Å²) >= 11 is 1.51. The first-order valence-corrected chi connectivity index (χ1v) is 11.5. The van der Waals surface area contributed by atoms with Crippen LogP contribution in [0.4, 0.5) is 5.82 Å². The average molecular weight is 460 g/mol. The minimum atomic E-state index is 0.0240. The summed E-state index contributed by atoms with van der Waals surface area (Å²) < 4.78 is 10.7. The summed E-state index contributed by atoms with van der Waals surface area (Å²) in [6, 6.07) is 21.4. The number of ketones is 1. The highest BCUT2D eigenvalue weighted by atomic mass is 32.2. The van der Waals surface area contributed by atoms with E-state index in [2.05, 4.69) is 5.32 Å². The predicted molar refractivity (Wildman–Crippen MR) is 132 cm³/mol. The number of rotatable bonds is 9. The van der Waals surface area contributed by atoms with Gasteiger partial charge in [-0.2, -0.15) is 0 Å². The molecule has 3 aromatic carbocycles. The van der Waals surface area contributed by atoms with Crippen LogP contribution in [0.1, 0.15) is 28.4 Å². The summed E-state index contributed by atoms with van der Waals surface area (Å²) in [5, 5.41) is 5.07. The van der Waals surface area contributed by atoms with Gasteiger partial charge in [0, 0.05) is 28.8 Å². The van der Waals surface area contributed by atoms with Gasteiger partial charge in [-0.05, 0) is 55.0 Å². The Morgan fingerprint density at radius 2 is 1.76 bits per heavy atom. The number of carbonyl (C=O) groups is 1. The van der Waals surface area contributed by atoms with Crippen LogP contribution in [0.2, 0.25) is 0 Å². The lowest BCUT2D eigenvalue weighted by molar-refractivity contribution is 0.101. The number of aromatic nitrogens is 2. The second-order valence-electron chi connectivity index (χ2n) is 7.45. The van der Waals surface area contributed by atoms with Gasteiger partial charge in [0.15, 0.2) is 10.9 Å². The van der Waals surface area contributed by atoms with Gasteiger partial charge in [0.25, 0.3) is 0 Å². The van der Waals surface area contributed by atoms with Crippen LogP contribution in [0.15, 0.2) is 71.9 Å². The number of carbonyl (C=O) groups excluding carboxylic acids is 1. The van der Waals surface area contributed by atoms with Crippen LogP contribution < -0.4 is 14.8 Å². The van der Waals surface area contributed by atoms with Crippen molar-refractivity contribution in [1.82, 2.24) is 9.97 Å². The molecule has 0 spiro atoms. The minimum Gasteiger partial charge on any atom is -0.497 e. The molecule has 0 aliphatic heterocycles. The largest absolute Gasteiger partial charge is 0.497 e. The number of methoxy groups -OCH3 is 2. The Morgan fingerprint density at radius 3 is 2.48 bits per heavy atom. The quantitative estimate of drug-likeness (QED) is 0.194. The van der Waals surface area contributed by atoms with E-state index in [1.54, 1.807) is 27.2 Å². The van der Waals surface area contributed by atoms with E-state index in [-0.39, 0.29) is 5.78 Å². The Kier molecular flexibility index (Phi) is 7.10. The Hall–Kier alpha value is -3.58. The van der Waals surface area contributed by atoms with Crippen molar-refractivity contribution in [1.29, 1.82) is 0 Å². The van der Waals surface area contributed by atoms with Gasteiger partial charge in [-0.25, -0.2) is 9.97 Å². The van der Waals surface area contributed by atoms with E-state index in [4.69, 9.17) is 19.4 Å². The smallest absolute Gasteiger partial charge is 0.190 e. The fraction of sp³-hybridized carbons (Fsp3) is 0.192. The highest BCUT2D eigenvalue weighted by Crippen LogP contribution is 2.30. The molecule has 0 unspecified atom stereocenters. The molecule has 4 aromatic rings. The zero-order valence-corrected chi connectivity index (χ0v) is 19.6. The highest BCUT2D eigenvalue weighted by Gasteiger charge is 2.12. The number of para-hydroxylation sites is 1. The topological polar surface area (TPSA) is 73.3 Å². The van der Waals surface area contributed by atoms with Gasteiger partial charge in [0.2, 0.25) is 0 Å². The second kappa shape index (κ2) is 10.4. The van der Waals surface area contributed by atoms with Crippen molar-refractivity contribution in [3.8, 4) is 11.5 Å². The lowest BCUT2D eigenvalue weighted by Crippen LogP contribution is -2.04. The Bertz CT molecular complexity index is 1280. The number of nitrogens with zero attached hydrogens (tertiary/aromatic N) is 2.